The number of nitrogens with one attached hydrogen (secondary N) is 1. The monoisotopic (exact) mass is 246 g/mol. The third-order valence-electron chi connectivity index (χ3n) is 4.23. The lowest BCUT2D eigenvalue weighted by molar-refractivity contribution is -0.124. The van der Waals surface area contributed by atoms with Crippen LogP contribution in [0.1, 0.15) is 25.7 Å². The van der Waals surface area contributed by atoms with Gasteiger partial charge in [-0.25, -0.2) is 0 Å². The molecule has 1 aromatic rings. The zero-order valence-electron chi connectivity index (χ0n) is 10.6. The number of nitrogens with zero attached hydrogens (tertiary/aromatic N) is 1. The van der Waals surface area contributed by atoms with Gasteiger partial charge in [0.05, 0.1) is 11.1 Å². The van der Waals surface area contributed by atoms with Crippen molar-refractivity contribution in [2.75, 3.05) is 23.8 Å². The van der Waals surface area contributed by atoms with Gasteiger partial charge < -0.3 is 15.3 Å². The number of amides is 1. The van der Waals surface area contributed by atoms with E-state index in [2.05, 4.69) is 5.32 Å². The molecule has 0 atom stereocenters. The molecule has 1 fully saturated rings. The second-order valence-corrected chi connectivity index (χ2v) is 5.47. The Morgan fingerprint density at radius 1 is 1.33 bits per heavy atom. The fourth-order valence-electron chi connectivity index (χ4n) is 3.33. The molecule has 1 saturated carbocycles. The number of phenolic OH excluding ortho intramolecular Hbond substituents is 1. The molecule has 0 radical (unpaired) electrons. The van der Waals surface area contributed by atoms with Crippen LogP contribution in [0.5, 0.6) is 5.75 Å². The minimum absolute atomic E-state index is 0.108. The smallest absolute Gasteiger partial charge is 0.232 e. The van der Waals surface area contributed by atoms with Gasteiger partial charge in [0.2, 0.25) is 5.91 Å². The molecule has 18 heavy (non-hydrogen) atoms. The number of rotatable bonds is 0. The summed E-state index contributed by atoms with van der Waals surface area (Å²) in [5.74, 6) is 0.335. The molecule has 0 saturated heterocycles. The van der Waals surface area contributed by atoms with Crippen molar-refractivity contribution in [2.45, 2.75) is 25.7 Å². The largest absolute Gasteiger partial charge is 0.506 e. The van der Waals surface area contributed by atoms with Crippen LogP contribution in [0.2, 0.25) is 0 Å². The number of fused-ring (bicyclic) bond motifs is 1. The van der Waals surface area contributed by atoms with E-state index in [9.17, 15) is 9.90 Å². The van der Waals surface area contributed by atoms with E-state index in [0.29, 0.717) is 12.2 Å². The molecular formula is C14H18N2O2. The molecule has 1 heterocycles. The van der Waals surface area contributed by atoms with Crippen molar-refractivity contribution in [1.82, 2.24) is 0 Å². The van der Waals surface area contributed by atoms with E-state index < -0.39 is 0 Å². The van der Waals surface area contributed by atoms with Crippen LogP contribution in [0.25, 0.3) is 0 Å². The van der Waals surface area contributed by atoms with Crippen molar-refractivity contribution >= 4 is 17.3 Å². The Morgan fingerprint density at radius 2 is 2.06 bits per heavy atom. The fourth-order valence-corrected chi connectivity index (χ4v) is 3.33. The van der Waals surface area contributed by atoms with Crippen molar-refractivity contribution in [3.05, 3.63) is 18.2 Å². The summed E-state index contributed by atoms with van der Waals surface area (Å²) in [6.07, 6.45) is 4.11. The Balaban J connectivity index is 2.06. The molecule has 4 heteroatoms. The summed E-state index contributed by atoms with van der Waals surface area (Å²) < 4.78 is 0. The van der Waals surface area contributed by atoms with Gasteiger partial charge in [-0.3, -0.25) is 4.79 Å². The van der Waals surface area contributed by atoms with E-state index >= 15 is 0 Å². The number of para-hydroxylation sites is 1. The third kappa shape index (κ3) is 1.55. The van der Waals surface area contributed by atoms with Crippen molar-refractivity contribution in [2.24, 2.45) is 5.41 Å². The summed E-state index contributed by atoms with van der Waals surface area (Å²) in [4.78, 5) is 14.4. The first-order chi connectivity index (χ1) is 8.62. The highest BCUT2D eigenvalue weighted by atomic mass is 16.3. The molecule has 0 unspecified atom stereocenters. The SMILES string of the molecule is CN1CC2(CCCC2)C(=O)Nc2cccc(O)c21. The highest BCUT2D eigenvalue weighted by Crippen LogP contribution is 2.45. The van der Waals surface area contributed by atoms with Crippen LogP contribution in [0.3, 0.4) is 0 Å². The summed E-state index contributed by atoms with van der Waals surface area (Å²) in [6, 6.07) is 5.26. The maximum absolute atomic E-state index is 12.4. The molecular weight excluding hydrogens is 228 g/mol. The van der Waals surface area contributed by atoms with Crippen LogP contribution < -0.4 is 10.2 Å². The van der Waals surface area contributed by atoms with Crippen molar-refractivity contribution in [1.29, 1.82) is 0 Å². The van der Waals surface area contributed by atoms with Crippen LogP contribution in [0, 0.1) is 5.41 Å². The molecule has 2 aliphatic rings. The number of anilines is 2. The first-order valence-corrected chi connectivity index (χ1v) is 6.47. The Hall–Kier alpha value is -1.71. The number of benzene rings is 1. The van der Waals surface area contributed by atoms with E-state index in [1.165, 1.54) is 0 Å². The Bertz CT molecular complexity index is 493. The van der Waals surface area contributed by atoms with E-state index in [0.717, 1.165) is 31.4 Å². The minimum atomic E-state index is -0.278. The molecule has 0 bridgehead atoms. The lowest BCUT2D eigenvalue weighted by Crippen LogP contribution is -2.40. The normalized spacial score (nSPS) is 21.6. The molecule has 1 spiro atoms. The van der Waals surface area contributed by atoms with Crippen molar-refractivity contribution < 1.29 is 9.90 Å². The van der Waals surface area contributed by atoms with Crippen LogP contribution in [-0.4, -0.2) is 24.6 Å². The van der Waals surface area contributed by atoms with Gasteiger partial charge in [-0.2, -0.15) is 0 Å². The molecule has 1 aliphatic carbocycles. The van der Waals surface area contributed by atoms with Crippen LogP contribution >= 0.6 is 0 Å². The molecule has 96 valence electrons. The van der Waals surface area contributed by atoms with Gasteiger partial charge >= 0.3 is 0 Å². The third-order valence-corrected chi connectivity index (χ3v) is 4.23. The topological polar surface area (TPSA) is 52.6 Å². The highest BCUT2D eigenvalue weighted by molar-refractivity contribution is 6.01. The van der Waals surface area contributed by atoms with Crippen LogP contribution in [0.4, 0.5) is 11.4 Å². The second kappa shape index (κ2) is 3.90. The van der Waals surface area contributed by atoms with Gasteiger partial charge in [0.15, 0.2) is 0 Å². The lowest BCUT2D eigenvalue weighted by atomic mass is 9.85. The summed E-state index contributed by atoms with van der Waals surface area (Å²) in [5, 5.41) is 13.0. The second-order valence-electron chi connectivity index (χ2n) is 5.47. The number of carbonyl (C=O) groups excluding carboxylic acids is 1. The number of hydrogen-bond donors (Lipinski definition) is 2. The molecule has 4 nitrogen and oxygen atoms in total. The van der Waals surface area contributed by atoms with Gasteiger partial charge in [-0.05, 0) is 25.0 Å². The summed E-state index contributed by atoms with van der Waals surface area (Å²) in [5.41, 5.74) is 1.17. The maximum Gasteiger partial charge on any atom is 0.232 e. The van der Waals surface area contributed by atoms with E-state index in [4.69, 9.17) is 0 Å². The van der Waals surface area contributed by atoms with Crippen molar-refractivity contribution in [3.63, 3.8) is 0 Å². The van der Waals surface area contributed by atoms with Gasteiger partial charge in [0.25, 0.3) is 0 Å². The molecule has 1 amide bonds. The van der Waals surface area contributed by atoms with Gasteiger partial charge in [0.1, 0.15) is 11.4 Å². The van der Waals surface area contributed by atoms with E-state index in [1.54, 1.807) is 12.1 Å². The van der Waals surface area contributed by atoms with E-state index in [-0.39, 0.29) is 17.1 Å². The van der Waals surface area contributed by atoms with Crippen LogP contribution in [0.15, 0.2) is 18.2 Å². The zero-order valence-corrected chi connectivity index (χ0v) is 10.6. The Labute approximate surface area is 107 Å². The number of aromatic hydroxyl groups is 1. The molecule has 2 N–H and O–H groups in total. The average molecular weight is 246 g/mol. The van der Waals surface area contributed by atoms with Gasteiger partial charge in [0, 0.05) is 13.6 Å². The molecule has 1 aliphatic heterocycles. The molecule has 0 aromatic heterocycles. The predicted molar refractivity (Wildman–Crippen MR) is 70.9 cm³/mol. The summed E-state index contributed by atoms with van der Waals surface area (Å²) in [7, 11) is 1.94. The fraction of sp³-hybridized carbons (Fsp3) is 0.500. The number of phenols is 1. The summed E-state index contributed by atoms with van der Waals surface area (Å²) in [6.45, 7) is 0.684. The van der Waals surface area contributed by atoms with Gasteiger partial charge in [-0.1, -0.05) is 18.9 Å². The Morgan fingerprint density at radius 3 is 2.78 bits per heavy atom. The standard InChI is InChI=1S/C14H18N2O2/c1-16-9-14(7-2-3-8-14)13(18)15-10-5-4-6-11(17)12(10)16/h4-6,17H,2-3,7-9H2,1H3,(H,15,18). The quantitative estimate of drug-likeness (QED) is 0.738. The minimum Gasteiger partial charge on any atom is -0.506 e. The average Bonchev–Trinajstić information content (AvgIpc) is 2.74. The Kier molecular flexibility index (Phi) is 2.47. The number of carbonyl (C=O) groups is 1. The maximum atomic E-state index is 12.4. The molecule has 3 rings (SSSR count). The first-order valence-electron chi connectivity index (χ1n) is 6.47. The van der Waals surface area contributed by atoms with E-state index in [1.807, 2.05) is 18.0 Å². The number of hydrogen-bond acceptors (Lipinski definition) is 3. The first kappa shape index (κ1) is 11.4. The van der Waals surface area contributed by atoms with Gasteiger partial charge in [-0.15, -0.1) is 0 Å². The van der Waals surface area contributed by atoms with Crippen molar-refractivity contribution in [3.8, 4) is 5.75 Å². The predicted octanol–water partition coefficient (Wildman–Crippen LogP) is 2.34. The lowest BCUT2D eigenvalue weighted by Gasteiger charge is -2.29. The summed E-state index contributed by atoms with van der Waals surface area (Å²) >= 11 is 0. The van der Waals surface area contributed by atoms with Crippen LogP contribution in [-0.2, 0) is 4.79 Å². The highest BCUT2D eigenvalue weighted by Gasteiger charge is 2.44. The molecule has 1 aromatic carbocycles. The zero-order chi connectivity index (χ0) is 12.8.